The number of ether oxygens (including phenoxy) is 1. The van der Waals surface area contributed by atoms with Crippen molar-refractivity contribution in [2.24, 2.45) is 0 Å². The maximum absolute atomic E-state index is 13.3. The van der Waals surface area contributed by atoms with Crippen LogP contribution in [0.2, 0.25) is 0 Å². The van der Waals surface area contributed by atoms with Gasteiger partial charge in [0.05, 0.1) is 19.3 Å². The van der Waals surface area contributed by atoms with Crippen LogP contribution in [0.1, 0.15) is 21.5 Å². The van der Waals surface area contributed by atoms with Gasteiger partial charge in [0.1, 0.15) is 5.75 Å². The summed E-state index contributed by atoms with van der Waals surface area (Å²) in [6.45, 7) is 0.522. The second-order valence-electron chi connectivity index (χ2n) is 7.30. The molecule has 0 bridgehead atoms. The van der Waals surface area contributed by atoms with Gasteiger partial charge in [-0.15, -0.1) is 0 Å². The third-order valence-electron chi connectivity index (χ3n) is 5.80. The van der Waals surface area contributed by atoms with Gasteiger partial charge < -0.3 is 9.57 Å². The average molecular weight is 379 g/mol. The molecule has 1 aliphatic heterocycles. The summed E-state index contributed by atoms with van der Waals surface area (Å²) in [7, 11) is 1.65. The fourth-order valence-corrected chi connectivity index (χ4v) is 4.46. The number of nitrogens with zero attached hydrogens (tertiary/aromatic N) is 1. The van der Waals surface area contributed by atoms with E-state index in [0.717, 1.165) is 55.8 Å². The molecule has 0 N–H and O–H groups in total. The van der Waals surface area contributed by atoms with Gasteiger partial charge in [-0.25, -0.2) is 5.06 Å². The zero-order chi connectivity index (χ0) is 19.5. The van der Waals surface area contributed by atoms with Gasteiger partial charge in [0.2, 0.25) is 0 Å². The Morgan fingerprint density at radius 2 is 1.52 bits per heavy atom. The Morgan fingerprint density at radius 3 is 2.28 bits per heavy atom. The molecule has 0 spiro atoms. The van der Waals surface area contributed by atoms with Crippen molar-refractivity contribution in [3.63, 3.8) is 0 Å². The number of methoxy groups -OCH3 is 1. The van der Waals surface area contributed by atoms with Crippen LogP contribution in [0, 0.1) is 0 Å². The fraction of sp³-hybridized carbons (Fsp3) is 0.0800. The predicted molar refractivity (Wildman–Crippen MR) is 113 cm³/mol. The summed E-state index contributed by atoms with van der Waals surface area (Å²) >= 11 is 0. The van der Waals surface area contributed by atoms with Crippen molar-refractivity contribution in [2.45, 2.75) is 6.54 Å². The van der Waals surface area contributed by atoms with Gasteiger partial charge in [-0.3, -0.25) is 4.79 Å². The van der Waals surface area contributed by atoms with Crippen LogP contribution in [0.5, 0.6) is 11.5 Å². The Labute approximate surface area is 167 Å². The van der Waals surface area contributed by atoms with Crippen molar-refractivity contribution in [3.05, 3.63) is 89.5 Å². The number of hydrogen-bond acceptors (Lipinski definition) is 4. The molecule has 4 heteroatoms. The number of hydrogen-bond donors (Lipinski definition) is 0. The number of carbonyl (C=O) groups is 1. The van der Waals surface area contributed by atoms with E-state index in [2.05, 4.69) is 12.1 Å². The zero-order valence-electron chi connectivity index (χ0n) is 15.8. The first kappa shape index (κ1) is 16.2. The third kappa shape index (κ3) is 2.17. The number of anilines is 1. The normalized spacial score (nSPS) is 13.8. The van der Waals surface area contributed by atoms with Crippen molar-refractivity contribution in [1.29, 1.82) is 0 Å². The summed E-state index contributed by atoms with van der Waals surface area (Å²) in [5.41, 5.74) is 5.45. The third-order valence-corrected chi connectivity index (χ3v) is 5.80. The molecule has 0 saturated heterocycles. The van der Waals surface area contributed by atoms with Crippen LogP contribution in [-0.2, 0) is 6.54 Å². The largest absolute Gasteiger partial charge is 0.497 e. The van der Waals surface area contributed by atoms with Crippen LogP contribution in [0.4, 0.5) is 5.69 Å². The Morgan fingerprint density at radius 1 is 0.828 bits per heavy atom. The second-order valence-corrected chi connectivity index (χ2v) is 7.30. The van der Waals surface area contributed by atoms with Crippen LogP contribution < -0.4 is 14.6 Å². The molecular formula is C25H17NO3. The van der Waals surface area contributed by atoms with Gasteiger partial charge >= 0.3 is 0 Å². The minimum absolute atomic E-state index is 0.0813. The standard InChI is InChI=1S/C25H17NO3/c1-28-16-12-10-15(11-13-16)26-14-21-23-22(17-6-2-4-8-19(17)24(23)27)18-7-3-5-9-20(18)25(21)29-26/h2-13H,14H2,1H3. The summed E-state index contributed by atoms with van der Waals surface area (Å²) in [6.07, 6.45) is 0. The lowest BCUT2D eigenvalue weighted by Crippen LogP contribution is -2.20. The average Bonchev–Trinajstić information content (AvgIpc) is 3.34. The second kappa shape index (κ2) is 5.85. The number of rotatable bonds is 2. The van der Waals surface area contributed by atoms with Crippen LogP contribution in [0.3, 0.4) is 0 Å². The van der Waals surface area contributed by atoms with E-state index in [1.807, 2.05) is 65.7 Å². The lowest BCUT2D eigenvalue weighted by Gasteiger charge is -2.17. The maximum Gasteiger partial charge on any atom is 0.194 e. The number of fused-ring (bicyclic) bond motifs is 8. The number of hydroxylamine groups is 1. The number of benzene rings is 4. The van der Waals surface area contributed by atoms with E-state index in [0.29, 0.717) is 6.54 Å². The molecule has 0 unspecified atom stereocenters. The smallest absolute Gasteiger partial charge is 0.194 e. The van der Waals surface area contributed by atoms with E-state index in [-0.39, 0.29) is 5.78 Å². The summed E-state index contributed by atoms with van der Waals surface area (Å²) in [5.74, 6) is 1.65. The zero-order valence-corrected chi connectivity index (χ0v) is 15.8. The molecule has 0 saturated carbocycles. The highest BCUT2D eigenvalue weighted by Gasteiger charge is 2.37. The Balaban J connectivity index is 1.57. The number of carbonyl (C=O) groups excluding carboxylic acids is 1. The molecule has 0 radical (unpaired) electrons. The van der Waals surface area contributed by atoms with E-state index in [9.17, 15) is 4.79 Å². The lowest BCUT2D eigenvalue weighted by molar-refractivity contribution is 0.104. The number of ketones is 1. The molecule has 0 amide bonds. The Kier molecular flexibility index (Phi) is 3.27. The van der Waals surface area contributed by atoms with Gasteiger partial charge in [-0.1, -0.05) is 48.5 Å². The summed E-state index contributed by atoms with van der Waals surface area (Å²) < 4.78 is 5.26. The maximum atomic E-state index is 13.3. The minimum Gasteiger partial charge on any atom is -0.497 e. The van der Waals surface area contributed by atoms with Gasteiger partial charge in [0, 0.05) is 27.6 Å². The first-order chi connectivity index (χ1) is 14.3. The van der Waals surface area contributed by atoms with Gasteiger partial charge in [0.25, 0.3) is 0 Å². The van der Waals surface area contributed by atoms with E-state index >= 15 is 0 Å². The fourth-order valence-electron chi connectivity index (χ4n) is 4.46. The molecule has 4 aromatic carbocycles. The molecule has 0 aromatic heterocycles. The highest BCUT2D eigenvalue weighted by Crippen LogP contribution is 2.50. The molecule has 140 valence electrons. The summed E-state index contributed by atoms with van der Waals surface area (Å²) in [5, 5.41) is 3.92. The van der Waals surface area contributed by atoms with Crippen LogP contribution in [0.15, 0.2) is 72.8 Å². The van der Waals surface area contributed by atoms with Crippen LogP contribution >= 0.6 is 0 Å². The molecule has 4 aromatic rings. The lowest BCUT2D eigenvalue weighted by atomic mass is 9.93. The molecule has 4 nitrogen and oxygen atoms in total. The predicted octanol–water partition coefficient (Wildman–Crippen LogP) is 5.37. The van der Waals surface area contributed by atoms with Crippen molar-refractivity contribution >= 4 is 22.2 Å². The van der Waals surface area contributed by atoms with E-state index in [1.165, 1.54) is 0 Å². The van der Waals surface area contributed by atoms with Gasteiger partial charge in [-0.05, 0) is 35.2 Å². The first-order valence-electron chi connectivity index (χ1n) is 9.57. The molecule has 0 fully saturated rings. The Hall–Kier alpha value is -3.79. The van der Waals surface area contributed by atoms with Crippen molar-refractivity contribution in [2.75, 3.05) is 12.2 Å². The highest BCUT2D eigenvalue weighted by molar-refractivity contribution is 6.27. The quantitative estimate of drug-likeness (QED) is 0.413. The van der Waals surface area contributed by atoms with E-state index in [4.69, 9.17) is 9.57 Å². The summed E-state index contributed by atoms with van der Waals surface area (Å²) in [6, 6.07) is 23.8. The minimum atomic E-state index is 0.0813. The first-order valence-corrected chi connectivity index (χ1v) is 9.57. The molecule has 1 heterocycles. The molecule has 0 atom stereocenters. The summed E-state index contributed by atoms with van der Waals surface area (Å²) in [4.78, 5) is 19.6. The molecule has 1 aliphatic carbocycles. The molecule has 6 rings (SSSR count). The Bertz CT molecular complexity index is 1310. The van der Waals surface area contributed by atoms with Crippen LogP contribution in [0.25, 0.3) is 21.9 Å². The molecular weight excluding hydrogens is 362 g/mol. The van der Waals surface area contributed by atoms with Crippen molar-refractivity contribution < 1.29 is 14.4 Å². The monoisotopic (exact) mass is 379 g/mol. The van der Waals surface area contributed by atoms with Crippen molar-refractivity contribution in [3.8, 4) is 22.6 Å². The van der Waals surface area contributed by atoms with Crippen LogP contribution in [-0.4, -0.2) is 12.9 Å². The highest BCUT2D eigenvalue weighted by atomic mass is 16.7. The topological polar surface area (TPSA) is 38.8 Å². The SMILES string of the molecule is COc1ccc(N2Cc3c4c(c5ccccc5c3O2)-c2ccccc2C4=O)cc1. The van der Waals surface area contributed by atoms with Gasteiger partial charge in [0.15, 0.2) is 11.5 Å². The van der Waals surface area contributed by atoms with Gasteiger partial charge in [-0.2, -0.15) is 0 Å². The molecule has 29 heavy (non-hydrogen) atoms. The van der Waals surface area contributed by atoms with E-state index < -0.39 is 0 Å². The molecule has 2 aliphatic rings. The van der Waals surface area contributed by atoms with Crippen molar-refractivity contribution in [1.82, 2.24) is 0 Å². The van der Waals surface area contributed by atoms with E-state index in [1.54, 1.807) is 7.11 Å².